The van der Waals surface area contributed by atoms with Gasteiger partial charge >= 0.3 is 0 Å². The normalized spacial score (nSPS) is 18.2. The second-order valence-electron chi connectivity index (χ2n) is 8.14. The van der Waals surface area contributed by atoms with Crippen molar-refractivity contribution in [1.82, 2.24) is 5.32 Å². The van der Waals surface area contributed by atoms with Gasteiger partial charge in [-0.3, -0.25) is 4.79 Å². The van der Waals surface area contributed by atoms with E-state index in [1.54, 1.807) is 11.8 Å². The number of carbonyl (C=O) groups excluding carboxylic acids is 1. The lowest BCUT2D eigenvalue weighted by Gasteiger charge is -2.33. The summed E-state index contributed by atoms with van der Waals surface area (Å²) in [6.45, 7) is 10.9. The monoisotopic (exact) mass is 396 g/mol. The number of anilines is 1. The third-order valence-electron chi connectivity index (χ3n) is 5.26. The topological polar surface area (TPSA) is 32.3 Å². The second-order valence-corrected chi connectivity index (χ2v) is 9.76. The first-order valence-electron chi connectivity index (χ1n) is 10.4. The van der Waals surface area contributed by atoms with E-state index in [1.807, 2.05) is 31.2 Å². The van der Waals surface area contributed by atoms with Crippen molar-refractivity contribution in [3.8, 4) is 0 Å². The largest absolute Gasteiger partial charge is 0.371 e. The number of amides is 1. The molecule has 2 unspecified atom stereocenters. The summed E-state index contributed by atoms with van der Waals surface area (Å²) in [6.07, 6.45) is 2.59. The minimum atomic E-state index is -0.0288. The van der Waals surface area contributed by atoms with Gasteiger partial charge in [-0.25, -0.2) is 0 Å². The van der Waals surface area contributed by atoms with Crippen molar-refractivity contribution < 1.29 is 4.79 Å². The highest BCUT2D eigenvalue weighted by Crippen LogP contribution is 2.28. The summed E-state index contributed by atoms with van der Waals surface area (Å²) in [5.74, 6) is 0.751. The minimum absolute atomic E-state index is 0.00909. The van der Waals surface area contributed by atoms with Crippen LogP contribution >= 0.6 is 11.8 Å². The first-order valence-corrected chi connectivity index (χ1v) is 11.2. The fraction of sp³-hybridized carbons (Fsp3) is 0.458. The lowest BCUT2D eigenvalue weighted by Crippen LogP contribution is -2.34. The summed E-state index contributed by atoms with van der Waals surface area (Å²) in [5, 5.41) is 3.61. The van der Waals surface area contributed by atoms with Crippen LogP contribution in [0.25, 0.3) is 0 Å². The summed E-state index contributed by atoms with van der Waals surface area (Å²) in [6, 6.07) is 16.5. The molecule has 1 fully saturated rings. The lowest BCUT2D eigenvalue weighted by atomic mass is 9.99. The maximum Gasteiger partial charge on any atom is 0.252 e. The molecule has 3 rings (SSSR count). The SMILES string of the molecule is CC1CCCN(c2ccc(C(C)NC(=O)c3ccccc3SC(C)C)cc2)C1. The van der Waals surface area contributed by atoms with E-state index in [2.05, 4.69) is 55.3 Å². The van der Waals surface area contributed by atoms with Gasteiger partial charge < -0.3 is 10.2 Å². The summed E-state index contributed by atoms with van der Waals surface area (Å²) in [4.78, 5) is 16.4. The van der Waals surface area contributed by atoms with Gasteiger partial charge in [-0.05, 0) is 55.5 Å². The second kappa shape index (κ2) is 9.51. The number of rotatable bonds is 6. The molecule has 0 bridgehead atoms. The van der Waals surface area contributed by atoms with Crippen molar-refractivity contribution in [3.63, 3.8) is 0 Å². The highest BCUT2D eigenvalue weighted by Gasteiger charge is 2.18. The van der Waals surface area contributed by atoms with Gasteiger partial charge in [-0.15, -0.1) is 11.8 Å². The Morgan fingerprint density at radius 2 is 1.82 bits per heavy atom. The molecule has 0 saturated carbocycles. The third-order valence-corrected chi connectivity index (χ3v) is 6.34. The van der Waals surface area contributed by atoms with Crippen LogP contribution in [0.3, 0.4) is 0 Å². The van der Waals surface area contributed by atoms with Crippen molar-refractivity contribution in [2.45, 2.75) is 56.7 Å². The predicted octanol–water partition coefficient (Wildman–Crippen LogP) is 5.91. The molecule has 2 atom stereocenters. The molecule has 150 valence electrons. The average molecular weight is 397 g/mol. The van der Waals surface area contributed by atoms with Crippen molar-refractivity contribution in [2.24, 2.45) is 5.92 Å². The van der Waals surface area contributed by atoms with Gasteiger partial charge in [0.25, 0.3) is 5.91 Å². The van der Waals surface area contributed by atoms with Crippen molar-refractivity contribution in [3.05, 3.63) is 59.7 Å². The van der Waals surface area contributed by atoms with E-state index in [-0.39, 0.29) is 11.9 Å². The molecule has 2 aromatic carbocycles. The number of thioether (sulfide) groups is 1. The molecule has 1 N–H and O–H groups in total. The van der Waals surface area contributed by atoms with E-state index < -0.39 is 0 Å². The van der Waals surface area contributed by atoms with Gasteiger partial charge in [-0.2, -0.15) is 0 Å². The highest BCUT2D eigenvalue weighted by atomic mass is 32.2. The van der Waals surface area contributed by atoms with E-state index in [4.69, 9.17) is 0 Å². The molecule has 2 aromatic rings. The number of nitrogens with zero attached hydrogens (tertiary/aromatic N) is 1. The predicted molar refractivity (Wildman–Crippen MR) is 120 cm³/mol. The Morgan fingerprint density at radius 1 is 1.11 bits per heavy atom. The summed E-state index contributed by atoms with van der Waals surface area (Å²) in [5.41, 5.74) is 3.18. The molecule has 1 saturated heterocycles. The Kier molecular flexibility index (Phi) is 7.06. The van der Waals surface area contributed by atoms with Crippen LogP contribution in [0, 0.1) is 5.92 Å². The van der Waals surface area contributed by atoms with Gasteiger partial charge in [-0.1, -0.05) is 45.0 Å². The van der Waals surface area contributed by atoms with E-state index in [9.17, 15) is 4.79 Å². The zero-order valence-electron chi connectivity index (χ0n) is 17.4. The summed E-state index contributed by atoms with van der Waals surface area (Å²) in [7, 11) is 0. The molecule has 0 aliphatic carbocycles. The zero-order valence-corrected chi connectivity index (χ0v) is 18.3. The maximum atomic E-state index is 12.8. The smallest absolute Gasteiger partial charge is 0.252 e. The van der Waals surface area contributed by atoms with Crippen LogP contribution in [0.4, 0.5) is 5.69 Å². The molecule has 1 heterocycles. The summed E-state index contributed by atoms with van der Waals surface area (Å²) < 4.78 is 0. The van der Waals surface area contributed by atoms with Crippen molar-refractivity contribution in [1.29, 1.82) is 0 Å². The fourth-order valence-corrected chi connectivity index (χ4v) is 4.72. The number of hydrogen-bond acceptors (Lipinski definition) is 3. The molecule has 28 heavy (non-hydrogen) atoms. The molecule has 4 heteroatoms. The molecule has 0 aromatic heterocycles. The Labute approximate surface area is 173 Å². The van der Waals surface area contributed by atoms with Crippen molar-refractivity contribution in [2.75, 3.05) is 18.0 Å². The standard InChI is InChI=1S/C24H32N2OS/c1-17(2)28-23-10-6-5-9-22(23)24(27)25-19(4)20-11-13-21(14-12-20)26-15-7-8-18(3)16-26/h5-6,9-14,17-19H,7-8,15-16H2,1-4H3,(H,25,27). The third kappa shape index (κ3) is 5.32. The number of benzene rings is 2. The Morgan fingerprint density at radius 3 is 2.50 bits per heavy atom. The van der Waals surface area contributed by atoms with Crippen LogP contribution in [0.15, 0.2) is 53.4 Å². The average Bonchev–Trinajstić information content (AvgIpc) is 2.68. The molecule has 0 spiro atoms. The molecule has 1 aliphatic heterocycles. The van der Waals surface area contributed by atoms with E-state index >= 15 is 0 Å². The van der Waals surface area contributed by atoms with E-state index in [1.165, 1.54) is 18.5 Å². The molecule has 3 nitrogen and oxygen atoms in total. The van der Waals surface area contributed by atoms with E-state index in [0.29, 0.717) is 5.25 Å². The first-order chi connectivity index (χ1) is 13.4. The highest BCUT2D eigenvalue weighted by molar-refractivity contribution is 8.00. The fourth-order valence-electron chi connectivity index (χ4n) is 3.77. The Balaban J connectivity index is 1.66. The lowest BCUT2D eigenvalue weighted by molar-refractivity contribution is 0.0937. The summed E-state index contributed by atoms with van der Waals surface area (Å²) >= 11 is 1.73. The van der Waals surface area contributed by atoms with Crippen LogP contribution in [-0.4, -0.2) is 24.2 Å². The van der Waals surface area contributed by atoms with Crippen LogP contribution in [-0.2, 0) is 0 Å². The van der Waals surface area contributed by atoms with E-state index in [0.717, 1.165) is 35.0 Å². The minimum Gasteiger partial charge on any atom is -0.371 e. The van der Waals surface area contributed by atoms with Gasteiger partial charge in [0.1, 0.15) is 0 Å². The number of carbonyl (C=O) groups is 1. The number of nitrogens with one attached hydrogen (secondary N) is 1. The van der Waals surface area contributed by atoms with Gasteiger partial charge in [0.05, 0.1) is 11.6 Å². The quantitative estimate of drug-likeness (QED) is 0.616. The maximum absolute atomic E-state index is 12.8. The Hall–Kier alpha value is -1.94. The van der Waals surface area contributed by atoms with Crippen LogP contribution in [0.2, 0.25) is 0 Å². The molecular weight excluding hydrogens is 364 g/mol. The Bertz CT molecular complexity index is 787. The van der Waals surface area contributed by atoms with Gasteiger partial charge in [0, 0.05) is 28.9 Å². The number of hydrogen-bond donors (Lipinski definition) is 1. The van der Waals surface area contributed by atoms with Crippen LogP contribution in [0.5, 0.6) is 0 Å². The molecule has 0 radical (unpaired) electrons. The zero-order chi connectivity index (χ0) is 20.1. The van der Waals surface area contributed by atoms with Gasteiger partial charge in [0.2, 0.25) is 0 Å². The van der Waals surface area contributed by atoms with Gasteiger partial charge in [0.15, 0.2) is 0 Å². The van der Waals surface area contributed by atoms with Crippen LogP contribution < -0.4 is 10.2 Å². The van der Waals surface area contributed by atoms with Crippen LogP contribution in [0.1, 0.15) is 62.5 Å². The first kappa shape index (κ1) is 20.8. The number of piperidine rings is 1. The molecule has 1 aliphatic rings. The molecule has 1 amide bonds. The van der Waals surface area contributed by atoms with Crippen molar-refractivity contribution >= 4 is 23.4 Å². The molecular formula is C24H32N2OS.